The van der Waals surface area contributed by atoms with Crippen molar-refractivity contribution >= 4 is 51.9 Å². The lowest BCUT2D eigenvalue weighted by molar-refractivity contribution is -0.140. The molecule has 1 saturated heterocycles. The summed E-state index contributed by atoms with van der Waals surface area (Å²) >= 11 is 6.32. The minimum Gasteiger partial charge on any atom is -0.480 e. The Balaban J connectivity index is 1.93. The number of fused-ring (bicyclic) bond motifs is 1. The van der Waals surface area contributed by atoms with Crippen LogP contribution in [-0.4, -0.2) is 44.8 Å². The van der Waals surface area contributed by atoms with Gasteiger partial charge in [0.15, 0.2) is 0 Å². The molecule has 1 aromatic carbocycles. The third-order valence-electron chi connectivity index (χ3n) is 5.19. The molecule has 0 saturated carbocycles. The predicted octanol–water partition coefficient (Wildman–Crippen LogP) is 4.08. The number of aliphatic carboxylic acids is 1. The Bertz CT molecular complexity index is 848. The molecule has 0 radical (unpaired) electrons. The van der Waals surface area contributed by atoms with Crippen LogP contribution in [0.2, 0.25) is 0 Å². The summed E-state index contributed by atoms with van der Waals surface area (Å²) in [5.41, 5.74) is 3.58. The summed E-state index contributed by atoms with van der Waals surface area (Å²) in [4.78, 5) is 27.4. The summed E-state index contributed by atoms with van der Waals surface area (Å²) < 4.78 is 0.291. The second-order valence-electron chi connectivity index (χ2n) is 7.64. The molecule has 2 heterocycles. The van der Waals surface area contributed by atoms with Crippen LogP contribution >= 0.6 is 24.0 Å². The molecular weight excluding hydrogens is 380 g/mol. The second kappa shape index (κ2) is 7.28. The maximum atomic E-state index is 12.5. The number of thiocarbonyl (C=S) groups is 1. The number of anilines is 1. The van der Waals surface area contributed by atoms with E-state index in [1.54, 1.807) is 0 Å². The first-order valence-corrected chi connectivity index (χ1v) is 10.2. The molecule has 1 amide bonds. The molecule has 1 fully saturated rings. The summed E-state index contributed by atoms with van der Waals surface area (Å²) in [5, 5.41) is 8.95. The molecule has 7 heteroatoms. The van der Waals surface area contributed by atoms with Crippen LogP contribution in [0, 0.1) is 0 Å². The van der Waals surface area contributed by atoms with Crippen LogP contribution in [0.1, 0.15) is 51.2 Å². The quantitative estimate of drug-likeness (QED) is 0.603. The first-order valence-electron chi connectivity index (χ1n) is 9.02. The molecule has 1 atom stereocenters. The fourth-order valence-corrected chi connectivity index (χ4v) is 5.38. The lowest BCUT2D eigenvalue weighted by Gasteiger charge is -2.47. The molecule has 1 aromatic rings. The minimum atomic E-state index is -1.07. The average molecular weight is 405 g/mol. The topological polar surface area (TPSA) is 60.9 Å². The van der Waals surface area contributed by atoms with E-state index in [4.69, 9.17) is 17.3 Å². The molecule has 2 aliphatic rings. The standard InChI is InChI=1S/C20H24N2O3S2/c1-5-22-15-7-6-13(8-14(15)12(2)10-20(22,3)4)9-16-18(25)21(11-17(23)24)19(26)27-16/h6-9,12H,5,10-11H2,1-4H3,(H,23,24)/b16-9+. The van der Waals surface area contributed by atoms with E-state index in [9.17, 15) is 9.59 Å². The van der Waals surface area contributed by atoms with E-state index in [0.717, 1.165) is 35.2 Å². The highest BCUT2D eigenvalue weighted by atomic mass is 32.2. The van der Waals surface area contributed by atoms with Crippen molar-refractivity contribution in [2.45, 2.75) is 45.6 Å². The first-order chi connectivity index (χ1) is 12.6. The van der Waals surface area contributed by atoms with Gasteiger partial charge in [-0.1, -0.05) is 37.0 Å². The average Bonchev–Trinajstić information content (AvgIpc) is 2.82. The Labute approximate surface area is 169 Å². The van der Waals surface area contributed by atoms with Crippen molar-refractivity contribution in [2.75, 3.05) is 18.0 Å². The summed E-state index contributed by atoms with van der Waals surface area (Å²) in [6.07, 6.45) is 2.88. The maximum Gasteiger partial charge on any atom is 0.323 e. The monoisotopic (exact) mass is 404 g/mol. The van der Waals surface area contributed by atoms with Gasteiger partial charge in [0, 0.05) is 17.8 Å². The molecule has 0 spiro atoms. The fourth-order valence-electron chi connectivity index (χ4n) is 4.12. The van der Waals surface area contributed by atoms with Crippen molar-refractivity contribution in [1.29, 1.82) is 0 Å². The smallest absolute Gasteiger partial charge is 0.323 e. The third-order valence-corrected chi connectivity index (χ3v) is 6.57. The lowest BCUT2D eigenvalue weighted by atomic mass is 9.79. The molecular formula is C20H24N2O3S2. The summed E-state index contributed by atoms with van der Waals surface area (Å²) in [6.45, 7) is 9.51. The van der Waals surface area contributed by atoms with Gasteiger partial charge in [0.05, 0.1) is 4.91 Å². The van der Waals surface area contributed by atoms with Crippen LogP contribution in [-0.2, 0) is 9.59 Å². The number of hydrogen-bond acceptors (Lipinski definition) is 5. The highest BCUT2D eigenvalue weighted by Gasteiger charge is 2.36. The normalized spacial score (nSPS) is 23.1. The Morgan fingerprint density at radius 2 is 2.15 bits per heavy atom. The van der Waals surface area contributed by atoms with Gasteiger partial charge < -0.3 is 10.0 Å². The largest absolute Gasteiger partial charge is 0.480 e. The number of benzene rings is 1. The van der Waals surface area contributed by atoms with E-state index in [1.165, 1.54) is 11.3 Å². The second-order valence-corrected chi connectivity index (χ2v) is 9.32. The molecule has 3 rings (SSSR count). The van der Waals surface area contributed by atoms with Crippen molar-refractivity contribution in [2.24, 2.45) is 0 Å². The molecule has 0 bridgehead atoms. The van der Waals surface area contributed by atoms with Gasteiger partial charge in [0.2, 0.25) is 0 Å². The molecule has 1 unspecified atom stereocenters. The number of carboxylic acids is 1. The van der Waals surface area contributed by atoms with Gasteiger partial charge in [-0.25, -0.2) is 0 Å². The van der Waals surface area contributed by atoms with Crippen LogP contribution < -0.4 is 4.90 Å². The minimum absolute atomic E-state index is 0.113. The number of carbonyl (C=O) groups is 2. The Kier molecular flexibility index (Phi) is 5.36. The van der Waals surface area contributed by atoms with Crippen molar-refractivity contribution in [3.05, 3.63) is 34.2 Å². The number of rotatable bonds is 4. The van der Waals surface area contributed by atoms with Crippen molar-refractivity contribution in [3.63, 3.8) is 0 Å². The molecule has 144 valence electrons. The molecule has 27 heavy (non-hydrogen) atoms. The first kappa shape index (κ1) is 19.9. The van der Waals surface area contributed by atoms with Crippen LogP contribution in [0.5, 0.6) is 0 Å². The van der Waals surface area contributed by atoms with E-state index in [-0.39, 0.29) is 11.4 Å². The lowest BCUT2D eigenvalue weighted by Crippen LogP contribution is -2.48. The van der Waals surface area contributed by atoms with E-state index >= 15 is 0 Å². The molecule has 5 nitrogen and oxygen atoms in total. The summed E-state index contributed by atoms with van der Waals surface area (Å²) in [7, 11) is 0. The van der Waals surface area contributed by atoms with Gasteiger partial charge in [0.25, 0.3) is 5.91 Å². The highest BCUT2D eigenvalue weighted by molar-refractivity contribution is 8.26. The molecule has 0 aliphatic carbocycles. The number of thioether (sulfide) groups is 1. The van der Waals surface area contributed by atoms with E-state index in [0.29, 0.717) is 15.1 Å². The van der Waals surface area contributed by atoms with E-state index in [2.05, 4.69) is 44.7 Å². The van der Waals surface area contributed by atoms with Gasteiger partial charge in [0.1, 0.15) is 10.9 Å². The van der Waals surface area contributed by atoms with Gasteiger partial charge >= 0.3 is 5.97 Å². The van der Waals surface area contributed by atoms with Crippen molar-refractivity contribution < 1.29 is 14.7 Å². The van der Waals surface area contributed by atoms with Gasteiger partial charge in [-0.2, -0.15) is 0 Å². The Morgan fingerprint density at radius 1 is 1.44 bits per heavy atom. The Hall–Kier alpha value is -1.86. The van der Waals surface area contributed by atoms with Gasteiger partial charge in [-0.15, -0.1) is 0 Å². The number of amides is 1. The van der Waals surface area contributed by atoms with Crippen LogP contribution in [0.3, 0.4) is 0 Å². The Morgan fingerprint density at radius 3 is 2.78 bits per heavy atom. The highest BCUT2D eigenvalue weighted by Crippen LogP contribution is 2.44. The number of carbonyl (C=O) groups excluding carboxylic acids is 1. The summed E-state index contributed by atoms with van der Waals surface area (Å²) in [5.74, 6) is -0.986. The number of carboxylic acid groups (broad SMARTS) is 1. The molecule has 2 aliphatic heterocycles. The van der Waals surface area contributed by atoms with Crippen LogP contribution in [0.25, 0.3) is 6.08 Å². The van der Waals surface area contributed by atoms with E-state index in [1.807, 2.05) is 12.1 Å². The number of hydrogen-bond donors (Lipinski definition) is 1. The summed E-state index contributed by atoms with van der Waals surface area (Å²) in [6, 6.07) is 6.28. The number of nitrogens with zero attached hydrogens (tertiary/aromatic N) is 2. The fraction of sp³-hybridized carbons (Fsp3) is 0.450. The zero-order valence-electron chi connectivity index (χ0n) is 16.0. The molecule has 1 N–H and O–H groups in total. The van der Waals surface area contributed by atoms with Crippen molar-refractivity contribution in [1.82, 2.24) is 4.90 Å². The maximum absolute atomic E-state index is 12.5. The van der Waals surface area contributed by atoms with Crippen molar-refractivity contribution in [3.8, 4) is 0 Å². The zero-order chi connectivity index (χ0) is 19.9. The van der Waals surface area contributed by atoms with Gasteiger partial charge in [-0.3, -0.25) is 14.5 Å². The predicted molar refractivity (Wildman–Crippen MR) is 114 cm³/mol. The van der Waals surface area contributed by atoms with E-state index < -0.39 is 12.5 Å². The zero-order valence-corrected chi connectivity index (χ0v) is 17.6. The molecule has 0 aromatic heterocycles. The third kappa shape index (κ3) is 3.75. The van der Waals surface area contributed by atoms with Crippen LogP contribution in [0.15, 0.2) is 23.1 Å². The van der Waals surface area contributed by atoms with Crippen LogP contribution in [0.4, 0.5) is 5.69 Å². The van der Waals surface area contributed by atoms with Gasteiger partial charge in [-0.05, 0) is 62.4 Å². The SMILES string of the molecule is CCN1c2ccc(/C=C3/SC(=S)N(CC(=O)O)C3=O)cc2C(C)CC1(C)C.